The van der Waals surface area contributed by atoms with Gasteiger partial charge in [-0.25, -0.2) is 0 Å². The van der Waals surface area contributed by atoms with Crippen LogP contribution in [0.3, 0.4) is 0 Å². The topological polar surface area (TPSA) is 15.3 Å². The Hall–Kier alpha value is -0.860. The monoisotopic (exact) mass is 234 g/mol. The average molecular weight is 234 g/mol. The molecular weight excluding hydrogens is 208 g/mol. The van der Waals surface area contributed by atoms with Crippen LogP contribution >= 0.6 is 0 Å². The van der Waals surface area contributed by atoms with Crippen LogP contribution in [0.5, 0.6) is 0 Å². The van der Waals surface area contributed by atoms with E-state index in [4.69, 9.17) is 0 Å². The molecule has 0 saturated heterocycles. The van der Waals surface area contributed by atoms with E-state index in [1.54, 1.807) is 0 Å². The SMILES string of the molecule is CNC(CCN(C)C(C)C)c1ccccc1C. The lowest BCUT2D eigenvalue weighted by Crippen LogP contribution is -2.30. The summed E-state index contributed by atoms with van der Waals surface area (Å²) in [5, 5.41) is 3.43. The summed E-state index contributed by atoms with van der Waals surface area (Å²) in [6.07, 6.45) is 1.15. The third-order valence-corrected chi connectivity index (χ3v) is 3.56. The number of benzene rings is 1. The smallest absolute Gasteiger partial charge is 0.0332 e. The first-order valence-electron chi connectivity index (χ1n) is 6.49. The van der Waals surface area contributed by atoms with Gasteiger partial charge in [0.25, 0.3) is 0 Å². The highest BCUT2D eigenvalue weighted by molar-refractivity contribution is 5.28. The van der Waals surface area contributed by atoms with Crippen LogP contribution in [0.15, 0.2) is 24.3 Å². The highest BCUT2D eigenvalue weighted by atomic mass is 15.1. The lowest BCUT2D eigenvalue weighted by Gasteiger charge is -2.25. The molecule has 17 heavy (non-hydrogen) atoms. The van der Waals surface area contributed by atoms with Gasteiger partial charge in [0, 0.05) is 12.1 Å². The van der Waals surface area contributed by atoms with Gasteiger partial charge in [-0.05, 0) is 59.0 Å². The fraction of sp³-hybridized carbons (Fsp3) is 0.600. The van der Waals surface area contributed by atoms with Crippen LogP contribution in [0.2, 0.25) is 0 Å². The minimum absolute atomic E-state index is 0.456. The summed E-state index contributed by atoms with van der Waals surface area (Å²) in [4.78, 5) is 2.39. The van der Waals surface area contributed by atoms with E-state index in [0.29, 0.717) is 12.1 Å². The highest BCUT2D eigenvalue weighted by Crippen LogP contribution is 2.20. The Kier molecular flexibility index (Phi) is 5.66. The Morgan fingerprint density at radius 1 is 1.24 bits per heavy atom. The summed E-state index contributed by atoms with van der Waals surface area (Å²) in [7, 11) is 4.24. The van der Waals surface area contributed by atoms with E-state index < -0.39 is 0 Å². The normalized spacial score (nSPS) is 13.4. The lowest BCUT2D eigenvalue weighted by atomic mass is 9.98. The van der Waals surface area contributed by atoms with E-state index in [1.807, 2.05) is 7.05 Å². The molecule has 2 nitrogen and oxygen atoms in total. The number of aryl methyl sites for hydroxylation is 1. The minimum Gasteiger partial charge on any atom is -0.313 e. The Labute approximate surface area is 106 Å². The van der Waals surface area contributed by atoms with Gasteiger partial charge in [-0.15, -0.1) is 0 Å². The molecule has 1 aromatic carbocycles. The van der Waals surface area contributed by atoms with Crippen molar-refractivity contribution in [1.29, 1.82) is 0 Å². The van der Waals surface area contributed by atoms with Crippen molar-refractivity contribution in [3.63, 3.8) is 0 Å². The van der Waals surface area contributed by atoms with Gasteiger partial charge in [0.15, 0.2) is 0 Å². The number of hydrogen-bond donors (Lipinski definition) is 1. The summed E-state index contributed by atoms with van der Waals surface area (Å²) >= 11 is 0. The zero-order chi connectivity index (χ0) is 12.8. The maximum Gasteiger partial charge on any atom is 0.0332 e. The molecule has 0 fully saturated rings. The van der Waals surface area contributed by atoms with Crippen LogP contribution in [0.25, 0.3) is 0 Å². The Morgan fingerprint density at radius 3 is 2.41 bits per heavy atom. The van der Waals surface area contributed by atoms with Gasteiger partial charge < -0.3 is 10.2 Å². The van der Waals surface area contributed by atoms with Crippen LogP contribution in [0.4, 0.5) is 0 Å². The van der Waals surface area contributed by atoms with Gasteiger partial charge in [0.2, 0.25) is 0 Å². The number of nitrogens with zero attached hydrogens (tertiary/aromatic N) is 1. The summed E-state index contributed by atoms with van der Waals surface area (Å²) in [5.41, 5.74) is 2.80. The minimum atomic E-state index is 0.456. The zero-order valence-corrected chi connectivity index (χ0v) is 11.8. The van der Waals surface area contributed by atoms with E-state index in [1.165, 1.54) is 11.1 Å². The van der Waals surface area contributed by atoms with Gasteiger partial charge in [0.1, 0.15) is 0 Å². The first-order chi connectivity index (χ1) is 8.06. The third kappa shape index (κ3) is 4.14. The fourth-order valence-corrected chi connectivity index (χ4v) is 2.02. The molecule has 96 valence electrons. The Balaban J connectivity index is 2.64. The molecule has 1 atom stereocenters. The van der Waals surface area contributed by atoms with Crippen LogP contribution in [-0.4, -0.2) is 31.6 Å². The standard InChI is InChI=1S/C15H26N2/c1-12(2)17(5)11-10-15(16-4)14-9-7-6-8-13(14)3/h6-9,12,15-16H,10-11H2,1-5H3. The van der Waals surface area contributed by atoms with Crippen molar-refractivity contribution in [2.45, 2.75) is 39.3 Å². The van der Waals surface area contributed by atoms with Gasteiger partial charge >= 0.3 is 0 Å². The fourth-order valence-electron chi connectivity index (χ4n) is 2.02. The van der Waals surface area contributed by atoms with E-state index in [2.05, 4.69) is 62.3 Å². The molecule has 1 N–H and O–H groups in total. The van der Waals surface area contributed by atoms with Crippen molar-refractivity contribution in [2.24, 2.45) is 0 Å². The van der Waals surface area contributed by atoms with Crippen molar-refractivity contribution in [3.8, 4) is 0 Å². The van der Waals surface area contributed by atoms with E-state index in [9.17, 15) is 0 Å². The lowest BCUT2D eigenvalue weighted by molar-refractivity contribution is 0.258. The molecule has 0 aromatic heterocycles. The van der Waals surface area contributed by atoms with E-state index >= 15 is 0 Å². The molecule has 0 aliphatic rings. The quantitative estimate of drug-likeness (QED) is 0.814. The predicted molar refractivity (Wildman–Crippen MR) is 75.4 cm³/mol. The van der Waals surface area contributed by atoms with Crippen molar-refractivity contribution < 1.29 is 0 Å². The molecular formula is C15H26N2. The molecule has 0 radical (unpaired) electrons. The molecule has 0 bridgehead atoms. The second-order valence-corrected chi connectivity index (χ2v) is 5.06. The average Bonchev–Trinajstić information content (AvgIpc) is 2.31. The van der Waals surface area contributed by atoms with Crippen LogP contribution in [0.1, 0.15) is 37.4 Å². The molecule has 0 saturated carbocycles. The molecule has 1 unspecified atom stereocenters. The molecule has 1 aromatic rings. The molecule has 0 amide bonds. The first kappa shape index (κ1) is 14.2. The molecule has 0 spiro atoms. The van der Waals surface area contributed by atoms with Crippen molar-refractivity contribution >= 4 is 0 Å². The first-order valence-corrected chi connectivity index (χ1v) is 6.49. The van der Waals surface area contributed by atoms with E-state index in [0.717, 1.165) is 13.0 Å². The van der Waals surface area contributed by atoms with Gasteiger partial charge in [-0.1, -0.05) is 24.3 Å². The summed E-state index contributed by atoms with van der Waals surface area (Å²) in [6, 6.07) is 9.71. The number of rotatable bonds is 6. The Morgan fingerprint density at radius 2 is 1.88 bits per heavy atom. The second kappa shape index (κ2) is 6.77. The van der Waals surface area contributed by atoms with Crippen LogP contribution < -0.4 is 5.32 Å². The number of hydrogen-bond acceptors (Lipinski definition) is 2. The summed E-state index contributed by atoms with van der Waals surface area (Å²) in [5.74, 6) is 0. The maximum absolute atomic E-state index is 3.43. The molecule has 0 aliphatic heterocycles. The second-order valence-electron chi connectivity index (χ2n) is 5.06. The zero-order valence-electron chi connectivity index (χ0n) is 11.8. The summed E-state index contributed by atoms with van der Waals surface area (Å²) in [6.45, 7) is 7.79. The maximum atomic E-state index is 3.43. The van der Waals surface area contributed by atoms with Crippen molar-refractivity contribution in [3.05, 3.63) is 35.4 Å². The molecule has 2 heteroatoms. The van der Waals surface area contributed by atoms with Gasteiger partial charge in [-0.2, -0.15) is 0 Å². The van der Waals surface area contributed by atoms with Crippen molar-refractivity contribution in [2.75, 3.05) is 20.6 Å². The van der Waals surface area contributed by atoms with Crippen LogP contribution in [0, 0.1) is 6.92 Å². The van der Waals surface area contributed by atoms with Gasteiger partial charge in [-0.3, -0.25) is 0 Å². The molecule has 0 heterocycles. The molecule has 1 rings (SSSR count). The van der Waals surface area contributed by atoms with Crippen LogP contribution in [-0.2, 0) is 0 Å². The number of nitrogens with one attached hydrogen (secondary N) is 1. The Bertz CT molecular complexity index is 333. The molecule has 0 aliphatic carbocycles. The van der Waals surface area contributed by atoms with Gasteiger partial charge in [0.05, 0.1) is 0 Å². The summed E-state index contributed by atoms with van der Waals surface area (Å²) < 4.78 is 0. The largest absolute Gasteiger partial charge is 0.313 e. The predicted octanol–water partition coefficient (Wildman–Crippen LogP) is 2.99. The third-order valence-electron chi connectivity index (χ3n) is 3.56. The highest BCUT2D eigenvalue weighted by Gasteiger charge is 2.12. The van der Waals surface area contributed by atoms with Crippen molar-refractivity contribution in [1.82, 2.24) is 10.2 Å². The van der Waals surface area contributed by atoms with E-state index in [-0.39, 0.29) is 0 Å².